The zero-order valence-corrected chi connectivity index (χ0v) is 9.21. The molecular weight excluding hydrogens is 225 g/mol. The molecule has 90 valence electrons. The van der Waals surface area contributed by atoms with Gasteiger partial charge in [-0.15, -0.1) is 10.2 Å². The largest absolute Gasteiger partial charge is 0.271 e. The molecule has 3 N–H and O–H groups in total. The fraction of sp³-hybridized carbons (Fsp3) is 0.333. The number of hydrogen-bond acceptors (Lipinski definition) is 6. The fourth-order valence-corrected chi connectivity index (χ4v) is 1.48. The lowest BCUT2D eigenvalue weighted by Crippen LogP contribution is -2.31. The zero-order valence-electron chi connectivity index (χ0n) is 9.21. The molecule has 0 aromatic carbocycles. The van der Waals surface area contributed by atoms with Gasteiger partial charge in [-0.05, 0) is 17.3 Å². The van der Waals surface area contributed by atoms with E-state index >= 15 is 0 Å². The van der Waals surface area contributed by atoms with Crippen LogP contribution >= 0.6 is 0 Å². The maximum atomic E-state index is 13.5. The van der Waals surface area contributed by atoms with Gasteiger partial charge in [0, 0.05) is 12.6 Å². The van der Waals surface area contributed by atoms with Crippen LogP contribution in [0.25, 0.3) is 0 Å². The molecule has 0 saturated carbocycles. The van der Waals surface area contributed by atoms with E-state index in [9.17, 15) is 4.39 Å². The minimum atomic E-state index is -0.486. The van der Waals surface area contributed by atoms with Gasteiger partial charge >= 0.3 is 0 Å². The first-order valence-corrected chi connectivity index (χ1v) is 5.00. The Kier molecular flexibility index (Phi) is 3.35. The third-order valence-corrected chi connectivity index (χ3v) is 2.25. The van der Waals surface area contributed by atoms with Crippen LogP contribution in [-0.4, -0.2) is 25.2 Å². The highest BCUT2D eigenvalue weighted by Gasteiger charge is 2.18. The molecule has 2 aromatic rings. The van der Waals surface area contributed by atoms with Crippen LogP contribution in [0.15, 0.2) is 18.3 Å². The number of nitrogens with zero attached hydrogens (tertiary/aromatic N) is 5. The molecule has 17 heavy (non-hydrogen) atoms. The first kappa shape index (κ1) is 11.6. The third-order valence-electron chi connectivity index (χ3n) is 2.25. The van der Waals surface area contributed by atoms with E-state index < -0.39 is 11.9 Å². The highest BCUT2D eigenvalue weighted by molar-refractivity contribution is 5.12. The summed E-state index contributed by atoms with van der Waals surface area (Å²) in [4.78, 5) is 5.28. The van der Waals surface area contributed by atoms with E-state index in [1.54, 1.807) is 7.05 Å². The lowest BCUT2D eigenvalue weighted by Gasteiger charge is -2.13. The lowest BCUT2D eigenvalue weighted by molar-refractivity contribution is 0.486. The second-order valence-electron chi connectivity index (χ2n) is 3.49. The molecule has 0 saturated heterocycles. The minimum Gasteiger partial charge on any atom is -0.271 e. The number of hydrogen-bond donors (Lipinski definition) is 2. The molecule has 0 fully saturated rings. The molecular formula is C9H12FN7. The van der Waals surface area contributed by atoms with Crippen molar-refractivity contribution < 1.29 is 4.39 Å². The number of nitrogens with two attached hydrogens (primary N) is 1. The van der Waals surface area contributed by atoms with Crippen molar-refractivity contribution in [3.05, 3.63) is 35.7 Å². The van der Waals surface area contributed by atoms with Gasteiger partial charge < -0.3 is 0 Å². The van der Waals surface area contributed by atoms with Gasteiger partial charge in [-0.1, -0.05) is 0 Å². The number of hydrazine groups is 1. The highest BCUT2D eigenvalue weighted by Crippen LogP contribution is 2.16. The monoisotopic (exact) mass is 237 g/mol. The Morgan fingerprint density at radius 2 is 2.41 bits per heavy atom. The van der Waals surface area contributed by atoms with Gasteiger partial charge in [0.1, 0.15) is 5.82 Å². The van der Waals surface area contributed by atoms with E-state index in [0.717, 1.165) is 0 Å². The van der Waals surface area contributed by atoms with E-state index in [4.69, 9.17) is 5.84 Å². The zero-order chi connectivity index (χ0) is 12.3. The summed E-state index contributed by atoms with van der Waals surface area (Å²) in [7, 11) is 1.66. The molecule has 0 bridgehead atoms. The highest BCUT2D eigenvalue weighted by atomic mass is 19.1. The van der Waals surface area contributed by atoms with Crippen molar-refractivity contribution in [1.29, 1.82) is 0 Å². The van der Waals surface area contributed by atoms with Crippen molar-refractivity contribution >= 4 is 0 Å². The topological polar surface area (TPSA) is 94.5 Å². The number of tetrazole rings is 1. The molecule has 2 aromatic heterocycles. The quantitative estimate of drug-likeness (QED) is 0.549. The third kappa shape index (κ3) is 2.60. The normalized spacial score (nSPS) is 12.6. The van der Waals surface area contributed by atoms with Gasteiger partial charge in [0.05, 0.1) is 18.8 Å². The van der Waals surface area contributed by atoms with Crippen molar-refractivity contribution in [3.8, 4) is 0 Å². The van der Waals surface area contributed by atoms with Crippen LogP contribution in [0, 0.1) is 5.82 Å². The number of aromatic nitrogens is 5. The second kappa shape index (κ2) is 4.93. The maximum absolute atomic E-state index is 13.5. The van der Waals surface area contributed by atoms with E-state index in [1.807, 2.05) is 0 Å². The van der Waals surface area contributed by atoms with Crippen molar-refractivity contribution in [2.24, 2.45) is 12.9 Å². The van der Waals surface area contributed by atoms with Crippen LogP contribution < -0.4 is 11.3 Å². The predicted molar refractivity (Wildman–Crippen MR) is 56.8 cm³/mol. The Morgan fingerprint density at radius 1 is 1.59 bits per heavy atom. The first-order chi connectivity index (χ1) is 8.20. The van der Waals surface area contributed by atoms with Crippen LogP contribution in [0.1, 0.15) is 17.6 Å². The van der Waals surface area contributed by atoms with Crippen LogP contribution in [0.4, 0.5) is 4.39 Å². The van der Waals surface area contributed by atoms with E-state index in [0.29, 0.717) is 12.2 Å². The summed E-state index contributed by atoms with van der Waals surface area (Å²) in [5.74, 6) is 5.44. The van der Waals surface area contributed by atoms with Gasteiger partial charge in [-0.2, -0.15) is 4.80 Å². The number of pyridine rings is 1. The van der Waals surface area contributed by atoms with Crippen LogP contribution in [-0.2, 0) is 13.5 Å². The molecule has 2 rings (SSSR count). The number of nitrogens with one attached hydrogen (secondary N) is 1. The summed E-state index contributed by atoms with van der Waals surface area (Å²) >= 11 is 0. The van der Waals surface area contributed by atoms with Crippen molar-refractivity contribution in [2.75, 3.05) is 0 Å². The number of rotatable bonds is 4. The minimum absolute atomic E-state index is 0.238. The Bertz CT molecular complexity index is 498. The Balaban J connectivity index is 2.20. The summed E-state index contributed by atoms with van der Waals surface area (Å²) < 4.78 is 13.5. The molecule has 1 atom stereocenters. The molecule has 0 radical (unpaired) electrons. The van der Waals surface area contributed by atoms with Crippen LogP contribution in [0.2, 0.25) is 0 Å². The second-order valence-corrected chi connectivity index (χ2v) is 3.49. The molecule has 0 aliphatic heterocycles. The molecule has 1 unspecified atom stereocenters. The first-order valence-electron chi connectivity index (χ1n) is 5.00. The smallest absolute Gasteiger partial charge is 0.176 e. The van der Waals surface area contributed by atoms with E-state index in [-0.39, 0.29) is 5.69 Å². The van der Waals surface area contributed by atoms with E-state index in [1.165, 1.54) is 23.1 Å². The van der Waals surface area contributed by atoms with Crippen LogP contribution in [0.3, 0.4) is 0 Å². The van der Waals surface area contributed by atoms with Gasteiger partial charge in [0.15, 0.2) is 5.82 Å². The van der Waals surface area contributed by atoms with Gasteiger partial charge in [0.2, 0.25) is 0 Å². The van der Waals surface area contributed by atoms with Crippen molar-refractivity contribution in [2.45, 2.75) is 12.5 Å². The van der Waals surface area contributed by atoms with E-state index in [2.05, 4.69) is 25.8 Å². The van der Waals surface area contributed by atoms with Gasteiger partial charge in [-0.25, -0.2) is 4.39 Å². The standard InChI is InChI=1S/C9H12FN7/c1-17-15-8(14-16-17)5-7(13-11)9-6(10)3-2-4-12-9/h2-4,7,13H,5,11H2,1H3. The molecule has 0 spiro atoms. The Labute approximate surface area is 96.8 Å². The summed E-state index contributed by atoms with van der Waals surface area (Å²) in [6.07, 6.45) is 1.82. The molecule has 8 heteroatoms. The molecule has 2 heterocycles. The number of aryl methyl sites for hydroxylation is 1. The average Bonchev–Trinajstić information content (AvgIpc) is 2.73. The van der Waals surface area contributed by atoms with Gasteiger partial charge in [-0.3, -0.25) is 16.3 Å². The number of halogens is 1. The Morgan fingerprint density at radius 3 is 3.00 bits per heavy atom. The molecule has 0 amide bonds. The summed E-state index contributed by atoms with van der Waals surface area (Å²) in [5.41, 5.74) is 2.74. The molecule has 0 aliphatic carbocycles. The summed E-state index contributed by atoms with van der Waals surface area (Å²) in [6, 6.07) is 2.37. The predicted octanol–water partition coefficient (Wildman–Crippen LogP) is -0.509. The van der Waals surface area contributed by atoms with Gasteiger partial charge in [0.25, 0.3) is 0 Å². The fourth-order valence-electron chi connectivity index (χ4n) is 1.48. The summed E-state index contributed by atoms with van der Waals surface area (Å²) in [5, 5.41) is 11.5. The molecule has 0 aliphatic rings. The SMILES string of the molecule is Cn1nnc(CC(NN)c2ncccc2F)n1. The maximum Gasteiger partial charge on any atom is 0.176 e. The Hall–Kier alpha value is -1.93. The average molecular weight is 237 g/mol. The van der Waals surface area contributed by atoms with Crippen molar-refractivity contribution in [1.82, 2.24) is 30.6 Å². The van der Waals surface area contributed by atoms with Crippen LogP contribution in [0.5, 0.6) is 0 Å². The molecule has 7 nitrogen and oxygen atoms in total. The summed E-state index contributed by atoms with van der Waals surface area (Å²) in [6.45, 7) is 0. The lowest BCUT2D eigenvalue weighted by atomic mass is 10.1. The van der Waals surface area contributed by atoms with Crippen molar-refractivity contribution in [3.63, 3.8) is 0 Å².